The molecule has 5 heteroatoms. The van der Waals surface area contributed by atoms with Crippen LogP contribution in [-0.4, -0.2) is 43.7 Å². The number of nitrogens with zero attached hydrogens (tertiary/aromatic N) is 1. The van der Waals surface area contributed by atoms with Crippen LogP contribution in [0.3, 0.4) is 0 Å². The van der Waals surface area contributed by atoms with Crippen LogP contribution in [0.25, 0.3) is 0 Å². The zero-order valence-electron chi connectivity index (χ0n) is 15.9. The monoisotopic (exact) mass is 367 g/mol. The van der Waals surface area contributed by atoms with Gasteiger partial charge in [-0.2, -0.15) is 0 Å². The van der Waals surface area contributed by atoms with Gasteiger partial charge < -0.3 is 15.8 Å². The van der Waals surface area contributed by atoms with Crippen LogP contribution in [0.15, 0.2) is 54.6 Å². The summed E-state index contributed by atoms with van der Waals surface area (Å²) in [5.74, 6) is -0.0169. The summed E-state index contributed by atoms with van der Waals surface area (Å²) in [6, 6.07) is 18.2. The van der Waals surface area contributed by atoms with Crippen LogP contribution in [0.4, 0.5) is 0 Å². The van der Waals surface area contributed by atoms with E-state index in [4.69, 9.17) is 10.5 Å². The lowest BCUT2D eigenvalue weighted by Crippen LogP contribution is -2.44. The highest BCUT2D eigenvalue weighted by atomic mass is 16.5. The second-order valence-corrected chi connectivity index (χ2v) is 7.10. The van der Waals surface area contributed by atoms with E-state index >= 15 is 0 Å². The van der Waals surface area contributed by atoms with Crippen LogP contribution in [0.2, 0.25) is 0 Å². The molecule has 1 aliphatic heterocycles. The number of benzene rings is 2. The summed E-state index contributed by atoms with van der Waals surface area (Å²) in [4.78, 5) is 14.8. The topological polar surface area (TPSA) is 67.6 Å². The molecule has 0 bridgehead atoms. The van der Waals surface area contributed by atoms with Gasteiger partial charge in [0.1, 0.15) is 0 Å². The fourth-order valence-corrected chi connectivity index (χ4v) is 3.44. The molecular weight excluding hydrogens is 338 g/mol. The van der Waals surface area contributed by atoms with Gasteiger partial charge in [0.15, 0.2) is 0 Å². The van der Waals surface area contributed by atoms with Crippen molar-refractivity contribution in [3.05, 3.63) is 71.3 Å². The Balaban J connectivity index is 1.61. The van der Waals surface area contributed by atoms with Gasteiger partial charge in [-0.15, -0.1) is 0 Å². The summed E-state index contributed by atoms with van der Waals surface area (Å²) in [6.07, 6.45) is 0.285. The Bertz CT molecular complexity index is 712. The first-order chi connectivity index (χ1) is 13.1. The highest BCUT2D eigenvalue weighted by Crippen LogP contribution is 2.22. The predicted molar refractivity (Wildman–Crippen MR) is 107 cm³/mol. The van der Waals surface area contributed by atoms with Gasteiger partial charge in [0.2, 0.25) is 5.91 Å². The molecule has 2 atom stereocenters. The summed E-state index contributed by atoms with van der Waals surface area (Å²) in [5, 5.41) is 3.09. The van der Waals surface area contributed by atoms with Gasteiger partial charge in [-0.05, 0) is 18.1 Å². The first-order valence-electron chi connectivity index (χ1n) is 9.59. The van der Waals surface area contributed by atoms with Crippen molar-refractivity contribution in [3.63, 3.8) is 0 Å². The molecule has 1 saturated heterocycles. The summed E-state index contributed by atoms with van der Waals surface area (Å²) < 4.78 is 5.49. The fraction of sp³-hybridized carbons (Fsp3) is 0.409. The number of rotatable bonds is 7. The van der Waals surface area contributed by atoms with Gasteiger partial charge in [0, 0.05) is 32.1 Å². The Kier molecular flexibility index (Phi) is 6.98. The Morgan fingerprint density at radius 1 is 1.07 bits per heavy atom. The van der Waals surface area contributed by atoms with Gasteiger partial charge in [0.25, 0.3) is 0 Å². The Morgan fingerprint density at radius 3 is 2.41 bits per heavy atom. The van der Waals surface area contributed by atoms with Crippen molar-refractivity contribution in [2.24, 2.45) is 5.73 Å². The van der Waals surface area contributed by atoms with Gasteiger partial charge >= 0.3 is 0 Å². The van der Waals surface area contributed by atoms with Crippen LogP contribution in [-0.2, 0) is 9.53 Å². The maximum Gasteiger partial charge on any atom is 0.221 e. The lowest BCUT2D eigenvalue weighted by atomic mass is 10.0. The average molecular weight is 367 g/mol. The molecule has 27 heavy (non-hydrogen) atoms. The molecule has 0 radical (unpaired) electrons. The molecule has 0 saturated carbocycles. The van der Waals surface area contributed by atoms with Crippen LogP contribution in [0.5, 0.6) is 0 Å². The van der Waals surface area contributed by atoms with Crippen molar-refractivity contribution in [1.82, 2.24) is 10.2 Å². The van der Waals surface area contributed by atoms with Gasteiger partial charge in [-0.3, -0.25) is 9.69 Å². The molecule has 144 valence electrons. The number of morpholine rings is 1. The highest BCUT2D eigenvalue weighted by molar-refractivity contribution is 5.76. The second kappa shape index (κ2) is 9.65. The number of amides is 1. The van der Waals surface area contributed by atoms with Crippen molar-refractivity contribution in [2.75, 3.05) is 32.8 Å². The van der Waals surface area contributed by atoms with E-state index in [-0.39, 0.29) is 24.4 Å². The standard InChI is InChI=1S/C22H29N3O2/c1-17-7-9-19(10-8-17)21(25-11-13-27-14-12-25)16-24-22(26)15-20(23)18-5-3-2-4-6-18/h2-10,20-21H,11-16,23H2,1H3,(H,24,26). The number of nitrogens with one attached hydrogen (secondary N) is 1. The molecule has 5 nitrogen and oxygen atoms in total. The number of aryl methyl sites for hydroxylation is 1. The van der Waals surface area contributed by atoms with Crippen molar-refractivity contribution in [1.29, 1.82) is 0 Å². The van der Waals surface area contributed by atoms with Crippen LogP contribution >= 0.6 is 0 Å². The molecule has 0 aromatic heterocycles. The second-order valence-electron chi connectivity index (χ2n) is 7.10. The Hall–Kier alpha value is -2.21. The van der Waals surface area contributed by atoms with E-state index in [1.54, 1.807) is 0 Å². The van der Waals surface area contributed by atoms with E-state index < -0.39 is 0 Å². The van der Waals surface area contributed by atoms with E-state index in [0.717, 1.165) is 31.9 Å². The van der Waals surface area contributed by atoms with Crippen molar-refractivity contribution >= 4 is 5.91 Å². The fourth-order valence-electron chi connectivity index (χ4n) is 3.44. The normalized spacial score (nSPS) is 17.3. The maximum atomic E-state index is 12.5. The smallest absolute Gasteiger partial charge is 0.221 e. The lowest BCUT2D eigenvalue weighted by Gasteiger charge is -2.35. The molecule has 0 spiro atoms. The summed E-state index contributed by atoms with van der Waals surface area (Å²) in [5.41, 5.74) is 9.62. The molecule has 3 rings (SSSR count). The molecule has 1 aliphatic rings. The number of nitrogens with two attached hydrogens (primary N) is 1. The minimum Gasteiger partial charge on any atom is -0.379 e. The minimum absolute atomic E-state index is 0.0169. The van der Waals surface area contributed by atoms with Crippen LogP contribution < -0.4 is 11.1 Å². The van der Waals surface area contributed by atoms with Crippen LogP contribution in [0.1, 0.15) is 35.2 Å². The molecular formula is C22H29N3O2. The van der Waals surface area contributed by atoms with Gasteiger partial charge in [-0.1, -0.05) is 60.2 Å². The number of ether oxygens (including phenoxy) is 1. The number of hydrogen-bond donors (Lipinski definition) is 2. The molecule has 1 amide bonds. The lowest BCUT2D eigenvalue weighted by molar-refractivity contribution is -0.121. The summed E-state index contributed by atoms with van der Waals surface area (Å²) >= 11 is 0. The molecule has 2 aromatic rings. The molecule has 3 N–H and O–H groups in total. The third-order valence-electron chi connectivity index (χ3n) is 5.07. The summed E-state index contributed by atoms with van der Waals surface area (Å²) in [7, 11) is 0. The molecule has 2 unspecified atom stereocenters. The molecule has 1 heterocycles. The van der Waals surface area contributed by atoms with Crippen molar-refractivity contribution < 1.29 is 9.53 Å². The summed E-state index contributed by atoms with van der Waals surface area (Å²) in [6.45, 7) is 5.87. The van der Waals surface area contributed by atoms with E-state index in [1.807, 2.05) is 30.3 Å². The molecule has 1 fully saturated rings. The highest BCUT2D eigenvalue weighted by Gasteiger charge is 2.23. The average Bonchev–Trinajstić information content (AvgIpc) is 2.71. The first kappa shape index (κ1) is 19.5. The molecule has 2 aromatic carbocycles. The quantitative estimate of drug-likeness (QED) is 0.789. The van der Waals surface area contributed by atoms with E-state index in [2.05, 4.69) is 41.4 Å². The maximum absolute atomic E-state index is 12.5. The zero-order chi connectivity index (χ0) is 19.1. The predicted octanol–water partition coefficient (Wildman–Crippen LogP) is 2.57. The zero-order valence-corrected chi connectivity index (χ0v) is 15.9. The van der Waals surface area contributed by atoms with Crippen molar-refractivity contribution in [2.45, 2.75) is 25.4 Å². The van der Waals surface area contributed by atoms with E-state index in [0.29, 0.717) is 6.54 Å². The Morgan fingerprint density at radius 2 is 1.74 bits per heavy atom. The third-order valence-corrected chi connectivity index (χ3v) is 5.07. The van der Waals surface area contributed by atoms with E-state index in [9.17, 15) is 4.79 Å². The van der Waals surface area contributed by atoms with Crippen molar-refractivity contribution in [3.8, 4) is 0 Å². The SMILES string of the molecule is Cc1ccc(C(CNC(=O)CC(N)c2ccccc2)N2CCOCC2)cc1. The number of carbonyl (C=O) groups excluding carboxylic acids is 1. The van der Waals surface area contributed by atoms with Gasteiger partial charge in [0.05, 0.1) is 19.3 Å². The third kappa shape index (κ3) is 5.63. The number of carbonyl (C=O) groups is 1. The van der Waals surface area contributed by atoms with Gasteiger partial charge in [-0.25, -0.2) is 0 Å². The number of hydrogen-bond acceptors (Lipinski definition) is 4. The Labute approximate surface area is 161 Å². The van der Waals surface area contributed by atoms with E-state index in [1.165, 1.54) is 11.1 Å². The van der Waals surface area contributed by atoms with Crippen LogP contribution in [0, 0.1) is 6.92 Å². The first-order valence-corrected chi connectivity index (χ1v) is 9.59. The minimum atomic E-state index is -0.285. The largest absolute Gasteiger partial charge is 0.379 e. The molecule has 0 aliphatic carbocycles.